The third-order valence-electron chi connectivity index (χ3n) is 3.91. The van der Waals surface area contributed by atoms with Gasteiger partial charge in [0.1, 0.15) is 6.17 Å². The zero-order valence-corrected chi connectivity index (χ0v) is 10.9. The standard InChI is InChI=1S/C13H22N2O/c1-9-6-7-10(2)15(9)13-12(16-5)8-11(3)14(13)4/h6-7,11-13H,8H2,1-5H3/t11-,12-,13?/m1/s1. The van der Waals surface area contributed by atoms with Gasteiger partial charge in [0.2, 0.25) is 0 Å². The molecule has 1 aromatic heterocycles. The molecular formula is C13H22N2O. The average molecular weight is 222 g/mol. The third-order valence-corrected chi connectivity index (χ3v) is 3.91. The fourth-order valence-electron chi connectivity index (χ4n) is 2.81. The molecule has 90 valence electrons. The molecule has 3 nitrogen and oxygen atoms in total. The summed E-state index contributed by atoms with van der Waals surface area (Å²) in [4.78, 5) is 2.41. The van der Waals surface area contributed by atoms with Crippen LogP contribution >= 0.6 is 0 Å². The van der Waals surface area contributed by atoms with Gasteiger partial charge in [0.25, 0.3) is 0 Å². The molecule has 3 heteroatoms. The maximum atomic E-state index is 5.64. The lowest BCUT2D eigenvalue weighted by Crippen LogP contribution is -2.33. The van der Waals surface area contributed by atoms with Crippen molar-refractivity contribution >= 4 is 0 Å². The molecule has 0 saturated carbocycles. The molecule has 0 aromatic carbocycles. The molecule has 1 aliphatic rings. The van der Waals surface area contributed by atoms with E-state index in [2.05, 4.69) is 49.4 Å². The SMILES string of the molecule is CO[C@@H]1C[C@@H](C)N(C)C1n1c(C)ccc1C. The van der Waals surface area contributed by atoms with Gasteiger partial charge in [-0.05, 0) is 46.4 Å². The zero-order valence-electron chi connectivity index (χ0n) is 10.9. The number of likely N-dealkylation sites (N-methyl/N-ethyl adjacent to an activating group) is 1. The van der Waals surface area contributed by atoms with Crippen LogP contribution in [0, 0.1) is 13.8 Å². The molecular weight excluding hydrogens is 200 g/mol. The summed E-state index contributed by atoms with van der Waals surface area (Å²) >= 11 is 0. The molecule has 1 saturated heterocycles. The van der Waals surface area contributed by atoms with Crippen LogP contribution in [0.5, 0.6) is 0 Å². The summed E-state index contributed by atoms with van der Waals surface area (Å²) in [6.07, 6.45) is 1.74. The highest BCUT2D eigenvalue weighted by Crippen LogP contribution is 2.34. The predicted octanol–water partition coefficient (Wildman–Crippen LogP) is 2.34. The predicted molar refractivity (Wildman–Crippen MR) is 65.6 cm³/mol. The average Bonchev–Trinajstić information content (AvgIpc) is 2.71. The summed E-state index contributed by atoms with van der Waals surface area (Å²) in [5.41, 5.74) is 2.62. The largest absolute Gasteiger partial charge is 0.378 e. The molecule has 1 aliphatic heterocycles. The number of aromatic nitrogens is 1. The first kappa shape index (κ1) is 11.7. The minimum atomic E-state index is 0.296. The Kier molecular flexibility index (Phi) is 3.08. The number of ether oxygens (including phenoxy) is 1. The molecule has 1 unspecified atom stereocenters. The van der Waals surface area contributed by atoms with E-state index < -0.39 is 0 Å². The molecule has 0 amide bonds. The van der Waals surface area contributed by atoms with Gasteiger partial charge in [0, 0.05) is 24.5 Å². The monoisotopic (exact) mass is 222 g/mol. The van der Waals surface area contributed by atoms with Gasteiger partial charge in [0.05, 0.1) is 6.10 Å². The maximum absolute atomic E-state index is 5.64. The molecule has 2 heterocycles. The van der Waals surface area contributed by atoms with Gasteiger partial charge < -0.3 is 9.30 Å². The van der Waals surface area contributed by atoms with Crippen molar-refractivity contribution in [2.75, 3.05) is 14.2 Å². The molecule has 0 radical (unpaired) electrons. The zero-order chi connectivity index (χ0) is 11.9. The number of rotatable bonds is 2. The van der Waals surface area contributed by atoms with Crippen molar-refractivity contribution in [3.63, 3.8) is 0 Å². The van der Waals surface area contributed by atoms with Crippen molar-refractivity contribution in [1.82, 2.24) is 9.47 Å². The topological polar surface area (TPSA) is 17.4 Å². The maximum Gasteiger partial charge on any atom is 0.113 e. The summed E-state index contributed by atoms with van der Waals surface area (Å²) in [5, 5.41) is 0. The van der Waals surface area contributed by atoms with E-state index >= 15 is 0 Å². The van der Waals surface area contributed by atoms with Crippen LogP contribution < -0.4 is 0 Å². The van der Waals surface area contributed by atoms with E-state index in [1.54, 1.807) is 0 Å². The lowest BCUT2D eigenvalue weighted by Gasteiger charge is -2.30. The summed E-state index contributed by atoms with van der Waals surface area (Å²) in [6, 6.07) is 4.94. The number of nitrogens with zero attached hydrogens (tertiary/aromatic N) is 2. The molecule has 1 aromatic rings. The summed E-state index contributed by atoms with van der Waals surface area (Å²) < 4.78 is 8.02. The van der Waals surface area contributed by atoms with Gasteiger partial charge in [0.15, 0.2) is 0 Å². The smallest absolute Gasteiger partial charge is 0.113 e. The third kappa shape index (κ3) is 1.68. The van der Waals surface area contributed by atoms with Crippen LogP contribution in [0.4, 0.5) is 0 Å². The fraction of sp³-hybridized carbons (Fsp3) is 0.692. The van der Waals surface area contributed by atoms with E-state index in [0.29, 0.717) is 18.3 Å². The number of hydrogen-bond donors (Lipinski definition) is 0. The van der Waals surface area contributed by atoms with Gasteiger partial charge in [-0.1, -0.05) is 0 Å². The Morgan fingerprint density at radius 3 is 2.31 bits per heavy atom. The lowest BCUT2D eigenvalue weighted by molar-refractivity contribution is 0.0374. The Morgan fingerprint density at radius 1 is 1.25 bits per heavy atom. The summed E-state index contributed by atoms with van der Waals surface area (Å²) in [7, 11) is 4.00. The highest BCUT2D eigenvalue weighted by atomic mass is 16.5. The van der Waals surface area contributed by atoms with Crippen LogP contribution in [0.2, 0.25) is 0 Å². The van der Waals surface area contributed by atoms with Crippen molar-refractivity contribution in [1.29, 1.82) is 0 Å². The highest BCUT2D eigenvalue weighted by molar-refractivity contribution is 5.16. The number of aryl methyl sites for hydroxylation is 2. The quantitative estimate of drug-likeness (QED) is 0.764. The van der Waals surface area contributed by atoms with Gasteiger partial charge in [-0.15, -0.1) is 0 Å². The van der Waals surface area contributed by atoms with Crippen LogP contribution in [-0.2, 0) is 4.74 Å². The Balaban J connectivity index is 2.38. The van der Waals surface area contributed by atoms with Crippen LogP contribution in [0.3, 0.4) is 0 Å². The number of hydrogen-bond acceptors (Lipinski definition) is 2. The van der Waals surface area contributed by atoms with Gasteiger partial charge in [-0.2, -0.15) is 0 Å². The van der Waals surface area contributed by atoms with E-state index in [0.717, 1.165) is 6.42 Å². The lowest BCUT2D eigenvalue weighted by atomic mass is 10.2. The van der Waals surface area contributed by atoms with Crippen molar-refractivity contribution in [2.24, 2.45) is 0 Å². The van der Waals surface area contributed by atoms with Crippen molar-refractivity contribution in [3.8, 4) is 0 Å². The first-order valence-electron chi connectivity index (χ1n) is 5.95. The molecule has 0 N–H and O–H groups in total. The minimum Gasteiger partial charge on any atom is -0.378 e. The summed E-state index contributed by atoms with van der Waals surface area (Å²) in [6.45, 7) is 6.59. The molecule has 0 spiro atoms. The first-order chi connectivity index (χ1) is 7.56. The van der Waals surface area contributed by atoms with Gasteiger partial charge in [-0.3, -0.25) is 4.90 Å². The Bertz CT molecular complexity index is 353. The molecule has 1 fully saturated rings. The molecule has 2 rings (SSSR count). The molecule has 16 heavy (non-hydrogen) atoms. The van der Waals surface area contributed by atoms with E-state index in [-0.39, 0.29) is 0 Å². The molecule has 0 aliphatic carbocycles. The number of likely N-dealkylation sites (tertiary alicyclic amines) is 1. The van der Waals surface area contributed by atoms with Crippen LogP contribution in [-0.4, -0.2) is 35.8 Å². The van der Waals surface area contributed by atoms with E-state index in [4.69, 9.17) is 4.74 Å². The fourth-order valence-corrected chi connectivity index (χ4v) is 2.81. The second-order valence-corrected chi connectivity index (χ2v) is 4.92. The van der Waals surface area contributed by atoms with Gasteiger partial charge in [-0.25, -0.2) is 0 Å². The first-order valence-corrected chi connectivity index (χ1v) is 5.95. The van der Waals surface area contributed by atoms with E-state index in [1.165, 1.54) is 11.4 Å². The second-order valence-electron chi connectivity index (χ2n) is 4.92. The summed E-state index contributed by atoms with van der Waals surface area (Å²) in [5.74, 6) is 0. The molecule has 3 atom stereocenters. The minimum absolute atomic E-state index is 0.296. The number of methoxy groups -OCH3 is 1. The van der Waals surface area contributed by atoms with E-state index in [1.807, 2.05) is 7.11 Å². The van der Waals surface area contributed by atoms with Crippen LogP contribution in [0.1, 0.15) is 30.9 Å². The Hall–Kier alpha value is -0.800. The van der Waals surface area contributed by atoms with Crippen LogP contribution in [0.25, 0.3) is 0 Å². The van der Waals surface area contributed by atoms with Crippen molar-refractivity contribution in [3.05, 3.63) is 23.5 Å². The van der Waals surface area contributed by atoms with Gasteiger partial charge >= 0.3 is 0 Å². The normalized spacial score (nSPS) is 31.2. The second kappa shape index (κ2) is 4.22. The highest BCUT2D eigenvalue weighted by Gasteiger charge is 2.38. The Labute approximate surface area is 98.0 Å². The van der Waals surface area contributed by atoms with E-state index in [9.17, 15) is 0 Å². The molecule has 0 bridgehead atoms. The van der Waals surface area contributed by atoms with Crippen molar-refractivity contribution in [2.45, 2.75) is 45.5 Å². The van der Waals surface area contributed by atoms with Crippen LogP contribution in [0.15, 0.2) is 12.1 Å². The van der Waals surface area contributed by atoms with Crippen molar-refractivity contribution < 1.29 is 4.74 Å². The Morgan fingerprint density at radius 2 is 1.81 bits per heavy atom.